The normalized spacial score (nSPS) is 14.6. The number of carboxylic acids is 1. The van der Waals surface area contributed by atoms with Crippen molar-refractivity contribution in [2.45, 2.75) is 39.5 Å². The second-order valence-electron chi connectivity index (χ2n) is 17.1. The van der Waals surface area contributed by atoms with Crippen molar-refractivity contribution in [1.82, 2.24) is 29.7 Å². The summed E-state index contributed by atoms with van der Waals surface area (Å²) in [6.07, 6.45) is 0. The van der Waals surface area contributed by atoms with Crippen molar-refractivity contribution in [3.8, 4) is 46.0 Å². The fourth-order valence-electron chi connectivity index (χ4n) is 7.95. The van der Waals surface area contributed by atoms with Gasteiger partial charge in [-0.25, -0.2) is 19.9 Å². The van der Waals surface area contributed by atoms with Gasteiger partial charge in [-0.1, -0.05) is 59.6 Å². The van der Waals surface area contributed by atoms with Gasteiger partial charge in [0.2, 0.25) is 23.5 Å². The van der Waals surface area contributed by atoms with E-state index < -0.39 is 28.6 Å². The topological polar surface area (TPSA) is 174 Å². The van der Waals surface area contributed by atoms with Crippen LogP contribution in [0.2, 0.25) is 10.3 Å². The lowest BCUT2D eigenvalue weighted by Gasteiger charge is -2.36. The van der Waals surface area contributed by atoms with Gasteiger partial charge in [0, 0.05) is 84.5 Å². The Balaban J connectivity index is 0.000000194. The SMILES string of the molecule is CN(C)C(=O)c1ccc(-c2ccc3c(n2)Oc2nc(Cl)ccc2C3C(C)(C)C(=O)O)cc1.COC(=O)C(C)(C)C1c2ccc(Cl)nc2Oc2nc(-c3ccc(C(=O)N(C)C)cc3)ccc21. The fraction of sp³-hybridized carbons (Fsp3) is 0.265. The maximum atomic E-state index is 12.7. The van der Waals surface area contributed by atoms with E-state index in [1.807, 2.05) is 68.4 Å². The molecule has 65 heavy (non-hydrogen) atoms. The molecule has 6 heterocycles. The number of aromatic nitrogens is 4. The van der Waals surface area contributed by atoms with E-state index in [1.165, 1.54) is 16.9 Å². The van der Waals surface area contributed by atoms with Gasteiger partial charge in [-0.15, -0.1) is 0 Å². The van der Waals surface area contributed by atoms with Crippen LogP contribution in [0.1, 0.15) is 82.5 Å². The Hall–Kier alpha value is -6.90. The Kier molecular flexibility index (Phi) is 12.7. The first-order valence-corrected chi connectivity index (χ1v) is 21.1. The van der Waals surface area contributed by atoms with Crippen molar-refractivity contribution >= 4 is 47.0 Å². The number of carbonyl (C=O) groups excluding carboxylic acids is 3. The second kappa shape index (κ2) is 17.9. The van der Waals surface area contributed by atoms with E-state index >= 15 is 0 Å². The highest BCUT2D eigenvalue weighted by molar-refractivity contribution is 6.29. The summed E-state index contributed by atoms with van der Waals surface area (Å²) >= 11 is 12.2. The smallest absolute Gasteiger partial charge is 0.312 e. The first kappa shape index (κ1) is 46.1. The van der Waals surface area contributed by atoms with Crippen LogP contribution in [-0.4, -0.2) is 93.9 Å². The monoisotopic (exact) mass is 916 g/mol. The molecule has 0 saturated heterocycles. The summed E-state index contributed by atoms with van der Waals surface area (Å²) in [6.45, 7) is 6.99. The fourth-order valence-corrected chi connectivity index (χ4v) is 8.23. The molecule has 2 aromatic carbocycles. The lowest BCUT2D eigenvalue weighted by Crippen LogP contribution is -2.35. The average Bonchev–Trinajstić information content (AvgIpc) is 3.28. The molecule has 2 atom stereocenters. The summed E-state index contributed by atoms with van der Waals surface area (Å²) < 4.78 is 17.1. The van der Waals surface area contributed by atoms with E-state index in [4.69, 9.17) is 42.4 Å². The number of hydrogen-bond donors (Lipinski definition) is 1. The van der Waals surface area contributed by atoms with Gasteiger partial charge in [0.25, 0.3) is 11.8 Å². The third-order valence-electron chi connectivity index (χ3n) is 11.5. The summed E-state index contributed by atoms with van der Waals surface area (Å²) in [5.41, 5.74) is 4.84. The zero-order valence-corrected chi connectivity index (χ0v) is 38.6. The van der Waals surface area contributed by atoms with E-state index in [0.717, 1.165) is 22.3 Å². The molecule has 0 saturated carbocycles. The van der Waals surface area contributed by atoms with Crippen LogP contribution >= 0.6 is 23.2 Å². The Morgan fingerprint density at radius 1 is 0.538 bits per heavy atom. The van der Waals surface area contributed by atoms with E-state index in [0.29, 0.717) is 45.4 Å². The highest BCUT2D eigenvalue weighted by Gasteiger charge is 2.46. The molecule has 0 fully saturated rings. The molecule has 2 aliphatic heterocycles. The van der Waals surface area contributed by atoms with Gasteiger partial charge in [0.05, 0.1) is 29.3 Å². The van der Waals surface area contributed by atoms with Crippen molar-refractivity contribution in [1.29, 1.82) is 0 Å². The molecule has 16 heteroatoms. The molecule has 14 nitrogen and oxygen atoms in total. The molecule has 0 radical (unpaired) electrons. The third kappa shape index (κ3) is 8.96. The van der Waals surface area contributed by atoms with Crippen LogP contribution in [0.4, 0.5) is 0 Å². The quantitative estimate of drug-likeness (QED) is 0.113. The van der Waals surface area contributed by atoms with Crippen molar-refractivity contribution in [2.75, 3.05) is 35.3 Å². The van der Waals surface area contributed by atoms with Crippen LogP contribution in [0, 0.1) is 10.8 Å². The first-order chi connectivity index (χ1) is 30.7. The summed E-state index contributed by atoms with van der Waals surface area (Å²) in [5, 5.41) is 10.4. The molecule has 2 aliphatic rings. The van der Waals surface area contributed by atoms with E-state index in [9.17, 15) is 24.3 Å². The number of nitrogens with zero attached hydrogens (tertiary/aromatic N) is 6. The lowest BCUT2D eigenvalue weighted by molar-refractivity contribution is -0.151. The molecule has 334 valence electrons. The van der Waals surface area contributed by atoms with Gasteiger partial charge in [-0.05, 0) is 88.4 Å². The highest BCUT2D eigenvalue weighted by Crippen LogP contribution is 2.53. The molecule has 8 rings (SSSR count). The Morgan fingerprint density at radius 3 is 1.22 bits per heavy atom. The number of carbonyl (C=O) groups is 4. The number of pyridine rings is 4. The number of carboxylic acid groups (broad SMARTS) is 1. The van der Waals surface area contributed by atoms with Gasteiger partial charge in [0.1, 0.15) is 10.3 Å². The van der Waals surface area contributed by atoms with Crippen molar-refractivity contribution in [2.24, 2.45) is 10.8 Å². The number of methoxy groups -OCH3 is 1. The van der Waals surface area contributed by atoms with Gasteiger partial charge in [0.15, 0.2) is 0 Å². The molecule has 0 spiro atoms. The van der Waals surface area contributed by atoms with Gasteiger partial charge >= 0.3 is 11.9 Å². The van der Waals surface area contributed by atoms with Crippen molar-refractivity contribution < 1.29 is 38.5 Å². The number of hydrogen-bond acceptors (Lipinski definition) is 11. The van der Waals surface area contributed by atoms with E-state index in [2.05, 4.69) is 15.0 Å². The van der Waals surface area contributed by atoms with E-state index in [-0.39, 0.29) is 39.8 Å². The number of halogens is 2. The minimum absolute atomic E-state index is 0.0734. The van der Waals surface area contributed by atoms with Gasteiger partial charge < -0.3 is 29.1 Å². The number of esters is 1. The minimum Gasteiger partial charge on any atom is -0.481 e. The molecule has 6 aromatic rings. The lowest BCUT2D eigenvalue weighted by atomic mass is 9.71. The Morgan fingerprint density at radius 2 is 0.877 bits per heavy atom. The van der Waals surface area contributed by atoms with Crippen LogP contribution in [0.5, 0.6) is 23.5 Å². The number of ether oxygens (including phenoxy) is 3. The number of aliphatic carboxylic acids is 1. The van der Waals surface area contributed by atoms with Crippen molar-refractivity contribution in [3.05, 3.63) is 141 Å². The number of benzene rings is 2. The molecule has 4 aromatic heterocycles. The van der Waals surface area contributed by atoms with Gasteiger partial charge in [-0.2, -0.15) is 0 Å². The number of amides is 2. The summed E-state index contributed by atoms with van der Waals surface area (Å²) in [7, 11) is 8.20. The van der Waals surface area contributed by atoms with Crippen LogP contribution in [0.15, 0.2) is 97.1 Å². The second-order valence-corrected chi connectivity index (χ2v) is 17.9. The maximum Gasteiger partial charge on any atom is 0.312 e. The standard InChI is InChI=1S/C25H24ClN3O4.C24H22ClN3O4/c1-25(2,24(31)32-5)20-16-10-12-18(14-6-8-15(9-7-14)23(30)29(3)4)27-21(16)33-22-17(20)11-13-19(26)28-22;1-24(2,23(30)31)19-15-9-11-17(13-5-7-14(8-6-13)22(29)28(3)4)26-20(15)32-21-16(19)10-12-18(25)27-21/h6-13,20H,1-5H3;5-12,19H,1-4H3,(H,30,31). The minimum atomic E-state index is -1.14. The molecule has 2 amide bonds. The Labute approximate surface area is 386 Å². The first-order valence-electron chi connectivity index (χ1n) is 20.4. The summed E-state index contributed by atoms with van der Waals surface area (Å²) in [4.78, 5) is 70.1. The van der Waals surface area contributed by atoms with Gasteiger partial charge in [-0.3, -0.25) is 19.2 Å². The molecule has 2 unspecified atom stereocenters. The predicted octanol–water partition coefficient (Wildman–Crippen LogP) is 9.78. The molecule has 1 N–H and O–H groups in total. The highest BCUT2D eigenvalue weighted by atomic mass is 35.5. The van der Waals surface area contributed by atoms with Crippen molar-refractivity contribution in [3.63, 3.8) is 0 Å². The number of rotatable bonds is 8. The molecular weight excluding hydrogens is 871 g/mol. The average molecular weight is 918 g/mol. The molecular formula is C49H46Cl2N6O8. The summed E-state index contributed by atoms with van der Waals surface area (Å²) in [5.74, 6) is -1.17. The zero-order chi connectivity index (χ0) is 47.1. The molecule has 0 aliphatic carbocycles. The van der Waals surface area contributed by atoms with Crippen LogP contribution in [-0.2, 0) is 14.3 Å². The zero-order valence-electron chi connectivity index (χ0n) is 37.1. The predicted molar refractivity (Wildman–Crippen MR) is 245 cm³/mol. The maximum absolute atomic E-state index is 12.7. The van der Waals surface area contributed by atoms with Crippen LogP contribution in [0.3, 0.4) is 0 Å². The van der Waals surface area contributed by atoms with Crippen LogP contribution in [0.25, 0.3) is 22.5 Å². The molecule has 0 bridgehead atoms. The van der Waals surface area contributed by atoms with Crippen LogP contribution < -0.4 is 9.47 Å². The largest absolute Gasteiger partial charge is 0.481 e. The summed E-state index contributed by atoms with van der Waals surface area (Å²) in [6, 6.07) is 28.6. The third-order valence-corrected chi connectivity index (χ3v) is 11.9. The Bertz CT molecular complexity index is 2850. The number of fused-ring (bicyclic) bond motifs is 4. The van der Waals surface area contributed by atoms with E-state index in [1.54, 1.807) is 84.5 Å².